The van der Waals surface area contributed by atoms with Crippen molar-refractivity contribution in [2.75, 3.05) is 11.9 Å². The molecule has 0 aliphatic heterocycles. The molecule has 27 heavy (non-hydrogen) atoms. The normalized spacial score (nSPS) is 11.0. The first-order chi connectivity index (χ1) is 13.1. The number of aromatic amines is 1. The van der Waals surface area contributed by atoms with E-state index in [1.54, 1.807) is 31.3 Å². The Morgan fingerprint density at radius 3 is 2.89 bits per heavy atom. The average molecular weight is 364 g/mol. The van der Waals surface area contributed by atoms with Crippen LogP contribution in [-0.2, 0) is 9.53 Å². The second-order valence-electron chi connectivity index (χ2n) is 5.75. The molecule has 3 rings (SSSR count). The van der Waals surface area contributed by atoms with Crippen molar-refractivity contribution >= 4 is 28.6 Å². The number of allylic oxidation sites excluding steroid dienone is 1. The minimum atomic E-state index is -0.436. The molecule has 7 heteroatoms. The largest absolute Gasteiger partial charge is 0.462 e. The zero-order chi connectivity index (χ0) is 19.2. The average Bonchev–Trinajstić information content (AvgIpc) is 3.11. The number of carbonyl (C=O) groups excluding carboxylic acids is 2. The third kappa shape index (κ3) is 4.03. The van der Waals surface area contributed by atoms with Crippen LogP contribution in [0.2, 0.25) is 0 Å². The van der Waals surface area contributed by atoms with Gasteiger partial charge in [-0.3, -0.25) is 4.79 Å². The number of aromatic nitrogens is 3. The fourth-order valence-corrected chi connectivity index (χ4v) is 2.70. The molecule has 0 aliphatic carbocycles. The van der Waals surface area contributed by atoms with Gasteiger partial charge in [0.15, 0.2) is 0 Å². The molecule has 0 radical (unpaired) electrons. The molecule has 0 saturated heterocycles. The van der Waals surface area contributed by atoms with Gasteiger partial charge in [-0.1, -0.05) is 25.1 Å². The van der Waals surface area contributed by atoms with E-state index in [0.29, 0.717) is 28.0 Å². The predicted molar refractivity (Wildman–Crippen MR) is 103 cm³/mol. The monoisotopic (exact) mass is 364 g/mol. The van der Waals surface area contributed by atoms with Crippen LogP contribution in [0.3, 0.4) is 0 Å². The maximum absolute atomic E-state index is 12.3. The van der Waals surface area contributed by atoms with Crippen molar-refractivity contribution in [3.63, 3.8) is 0 Å². The fourth-order valence-electron chi connectivity index (χ4n) is 2.70. The van der Waals surface area contributed by atoms with Gasteiger partial charge in [0, 0.05) is 17.4 Å². The number of fused-ring (bicyclic) bond motifs is 1. The van der Waals surface area contributed by atoms with Crippen LogP contribution in [0.5, 0.6) is 0 Å². The van der Waals surface area contributed by atoms with Crippen molar-refractivity contribution in [2.24, 2.45) is 0 Å². The van der Waals surface area contributed by atoms with Crippen LogP contribution in [0.25, 0.3) is 22.3 Å². The van der Waals surface area contributed by atoms with Crippen LogP contribution in [0.1, 0.15) is 30.6 Å². The molecule has 0 spiro atoms. The molecule has 1 aromatic carbocycles. The Morgan fingerprint density at radius 1 is 1.26 bits per heavy atom. The number of carbonyl (C=O) groups is 2. The Kier molecular flexibility index (Phi) is 5.61. The van der Waals surface area contributed by atoms with Gasteiger partial charge in [-0.2, -0.15) is 0 Å². The van der Waals surface area contributed by atoms with Crippen LogP contribution in [0.4, 0.5) is 5.69 Å². The SMILES string of the molecule is CC/C=C/C(=O)Nc1cccc(-c2ncnc3[nH]cc(C(=O)OCC)c23)c1. The Bertz CT molecular complexity index is 1010. The van der Waals surface area contributed by atoms with Crippen LogP contribution in [0, 0.1) is 0 Å². The molecular weight excluding hydrogens is 344 g/mol. The molecule has 0 fully saturated rings. The molecule has 1 amide bonds. The number of rotatable bonds is 6. The summed E-state index contributed by atoms with van der Waals surface area (Å²) in [6.07, 6.45) is 7.08. The Balaban J connectivity index is 2.01. The molecule has 138 valence electrons. The summed E-state index contributed by atoms with van der Waals surface area (Å²) in [5.74, 6) is -0.635. The number of nitrogens with one attached hydrogen (secondary N) is 2. The van der Waals surface area contributed by atoms with Crippen molar-refractivity contribution in [2.45, 2.75) is 20.3 Å². The van der Waals surface area contributed by atoms with Gasteiger partial charge >= 0.3 is 5.97 Å². The summed E-state index contributed by atoms with van der Waals surface area (Å²) in [7, 11) is 0. The van der Waals surface area contributed by atoms with E-state index in [4.69, 9.17) is 4.74 Å². The van der Waals surface area contributed by atoms with Gasteiger partial charge in [0.1, 0.15) is 12.0 Å². The van der Waals surface area contributed by atoms with E-state index >= 15 is 0 Å². The lowest BCUT2D eigenvalue weighted by Crippen LogP contribution is -2.07. The van der Waals surface area contributed by atoms with Crippen molar-refractivity contribution in [1.82, 2.24) is 15.0 Å². The minimum absolute atomic E-state index is 0.198. The topological polar surface area (TPSA) is 97.0 Å². The highest BCUT2D eigenvalue weighted by Gasteiger charge is 2.19. The zero-order valence-electron chi connectivity index (χ0n) is 15.2. The maximum Gasteiger partial charge on any atom is 0.340 e. The minimum Gasteiger partial charge on any atom is -0.462 e. The predicted octanol–water partition coefficient (Wildman–Crippen LogP) is 3.71. The standard InChI is InChI=1S/C20H20N4O3/c1-3-5-9-16(25)24-14-8-6-7-13(10-14)18-17-15(20(26)27-4-2)11-21-19(17)23-12-22-18/h5-12H,3-4H2,1-2H3,(H,24,25)(H,21,22,23)/b9-5+. The quantitative estimate of drug-likeness (QED) is 0.513. The second kappa shape index (κ2) is 8.27. The van der Waals surface area contributed by atoms with E-state index in [-0.39, 0.29) is 12.5 Å². The molecule has 3 aromatic rings. The summed E-state index contributed by atoms with van der Waals surface area (Å²) in [6.45, 7) is 3.99. The number of amides is 1. The third-order valence-electron chi connectivity index (χ3n) is 3.87. The van der Waals surface area contributed by atoms with Gasteiger partial charge in [0.05, 0.1) is 23.3 Å². The number of hydrogen-bond acceptors (Lipinski definition) is 5. The van der Waals surface area contributed by atoms with E-state index in [0.717, 1.165) is 12.0 Å². The summed E-state index contributed by atoms with van der Waals surface area (Å²) >= 11 is 0. The highest BCUT2D eigenvalue weighted by Crippen LogP contribution is 2.30. The maximum atomic E-state index is 12.3. The van der Waals surface area contributed by atoms with Gasteiger partial charge in [-0.15, -0.1) is 0 Å². The lowest BCUT2D eigenvalue weighted by atomic mass is 10.1. The Labute approximate surface area is 156 Å². The Hall–Kier alpha value is -3.48. The van der Waals surface area contributed by atoms with Crippen LogP contribution in [-0.4, -0.2) is 33.4 Å². The van der Waals surface area contributed by atoms with Crippen LogP contribution >= 0.6 is 0 Å². The lowest BCUT2D eigenvalue weighted by Gasteiger charge is -2.08. The van der Waals surface area contributed by atoms with E-state index in [9.17, 15) is 9.59 Å². The number of H-pyrrole nitrogens is 1. The van der Waals surface area contributed by atoms with Gasteiger partial charge in [-0.25, -0.2) is 14.8 Å². The number of hydrogen-bond donors (Lipinski definition) is 2. The van der Waals surface area contributed by atoms with Crippen molar-refractivity contribution < 1.29 is 14.3 Å². The molecule has 2 heterocycles. The summed E-state index contributed by atoms with van der Waals surface area (Å²) in [5, 5.41) is 3.41. The first kappa shape index (κ1) is 18.3. The number of esters is 1. The van der Waals surface area contributed by atoms with Crippen LogP contribution in [0.15, 0.2) is 48.9 Å². The molecule has 0 unspecified atom stereocenters. The Morgan fingerprint density at radius 2 is 2.11 bits per heavy atom. The summed E-state index contributed by atoms with van der Waals surface area (Å²) in [6, 6.07) is 7.28. The molecule has 0 atom stereocenters. The van der Waals surface area contributed by atoms with E-state index in [2.05, 4.69) is 20.3 Å². The van der Waals surface area contributed by atoms with Crippen molar-refractivity contribution in [3.05, 3.63) is 54.5 Å². The summed E-state index contributed by atoms with van der Waals surface area (Å²) < 4.78 is 5.12. The van der Waals surface area contributed by atoms with Crippen LogP contribution < -0.4 is 5.32 Å². The van der Waals surface area contributed by atoms with E-state index < -0.39 is 5.97 Å². The summed E-state index contributed by atoms with van der Waals surface area (Å²) in [4.78, 5) is 35.7. The fraction of sp³-hybridized carbons (Fsp3) is 0.200. The number of anilines is 1. The van der Waals surface area contributed by atoms with Crippen molar-refractivity contribution in [3.8, 4) is 11.3 Å². The molecule has 2 N–H and O–H groups in total. The summed E-state index contributed by atoms with van der Waals surface area (Å²) in [5.41, 5.74) is 2.90. The molecule has 2 aromatic heterocycles. The van der Waals surface area contributed by atoms with E-state index in [1.165, 1.54) is 12.4 Å². The van der Waals surface area contributed by atoms with Gasteiger partial charge in [0.2, 0.25) is 5.91 Å². The van der Waals surface area contributed by atoms with Gasteiger partial charge in [-0.05, 0) is 31.6 Å². The van der Waals surface area contributed by atoms with E-state index in [1.807, 2.05) is 19.1 Å². The van der Waals surface area contributed by atoms with Gasteiger partial charge < -0.3 is 15.0 Å². The lowest BCUT2D eigenvalue weighted by molar-refractivity contribution is -0.111. The molecule has 0 saturated carbocycles. The number of benzene rings is 1. The highest BCUT2D eigenvalue weighted by molar-refractivity contribution is 6.08. The van der Waals surface area contributed by atoms with Crippen molar-refractivity contribution in [1.29, 1.82) is 0 Å². The molecular formula is C20H20N4O3. The van der Waals surface area contributed by atoms with Gasteiger partial charge in [0.25, 0.3) is 0 Å². The second-order valence-corrected chi connectivity index (χ2v) is 5.75. The first-order valence-electron chi connectivity index (χ1n) is 8.71. The first-order valence-corrected chi connectivity index (χ1v) is 8.71. The number of nitrogens with zero attached hydrogens (tertiary/aromatic N) is 2. The molecule has 0 aliphatic rings. The zero-order valence-corrected chi connectivity index (χ0v) is 15.2. The smallest absolute Gasteiger partial charge is 0.340 e. The highest BCUT2D eigenvalue weighted by atomic mass is 16.5. The number of ether oxygens (including phenoxy) is 1. The molecule has 0 bridgehead atoms. The molecule has 7 nitrogen and oxygen atoms in total. The third-order valence-corrected chi connectivity index (χ3v) is 3.87.